The van der Waals surface area contributed by atoms with Gasteiger partial charge in [0.25, 0.3) is 0 Å². The molecule has 0 aliphatic rings. The standard InChI is InChI=1S/C12H27O4P/c1-4-7-9-10-12-16-17(13,14-6-3)15-11-8-5-2/h4-12H2,1-3H3. The van der Waals surface area contributed by atoms with Crippen molar-refractivity contribution in [3.63, 3.8) is 0 Å². The first-order chi connectivity index (χ1) is 8.18. The number of unbranched alkanes of at least 4 members (excludes halogenated alkanes) is 4. The van der Waals surface area contributed by atoms with Crippen LogP contribution in [0.5, 0.6) is 0 Å². The average Bonchev–Trinajstić information content (AvgIpc) is 2.29. The Morgan fingerprint density at radius 1 is 0.765 bits per heavy atom. The van der Waals surface area contributed by atoms with Gasteiger partial charge in [-0.15, -0.1) is 0 Å². The Kier molecular flexibility index (Phi) is 11.3. The average molecular weight is 266 g/mol. The van der Waals surface area contributed by atoms with Crippen LogP contribution in [0.1, 0.15) is 59.3 Å². The molecule has 0 radical (unpaired) electrons. The van der Waals surface area contributed by atoms with Crippen molar-refractivity contribution in [2.24, 2.45) is 0 Å². The summed E-state index contributed by atoms with van der Waals surface area (Å²) >= 11 is 0. The molecular formula is C12H27O4P. The fourth-order valence-electron chi connectivity index (χ4n) is 1.30. The van der Waals surface area contributed by atoms with Crippen LogP contribution in [0.15, 0.2) is 0 Å². The third kappa shape index (κ3) is 9.78. The molecule has 1 atom stereocenters. The van der Waals surface area contributed by atoms with E-state index in [0.29, 0.717) is 19.8 Å². The molecule has 17 heavy (non-hydrogen) atoms. The van der Waals surface area contributed by atoms with Crippen molar-refractivity contribution in [3.8, 4) is 0 Å². The molecule has 0 aromatic carbocycles. The fourth-order valence-corrected chi connectivity index (χ4v) is 2.54. The van der Waals surface area contributed by atoms with Crippen LogP contribution in [0.4, 0.5) is 0 Å². The molecule has 0 bridgehead atoms. The van der Waals surface area contributed by atoms with E-state index in [0.717, 1.165) is 25.7 Å². The zero-order valence-corrected chi connectivity index (χ0v) is 12.3. The molecule has 0 N–H and O–H groups in total. The summed E-state index contributed by atoms with van der Waals surface area (Å²) in [5, 5.41) is 0. The van der Waals surface area contributed by atoms with E-state index in [-0.39, 0.29) is 0 Å². The lowest BCUT2D eigenvalue weighted by Gasteiger charge is -2.17. The van der Waals surface area contributed by atoms with Gasteiger partial charge in [0.2, 0.25) is 0 Å². The summed E-state index contributed by atoms with van der Waals surface area (Å²) in [4.78, 5) is 0. The topological polar surface area (TPSA) is 44.8 Å². The summed E-state index contributed by atoms with van der Waals surface area (Å²) in [5.41, 5.74) is 0. The van der Waals surface area contributed by atoms with Gasteiger partial charge in [-0.3, -0.25) is 13.6 Å². The molecule has 0 aliphatic carbocycles. The number of hydrogen-bond donors (Lipinski definition) is 0. The van der Waals surface area contributed by atoms with Crippen molar-refractivity contribution in [1.29, 1.82) is 0 Å². The van der Waals surface area contributed by atoms with E-state index in [9.17, 15) is 4.57 Å². The molecule has 0 rings (SSSR count). The molecule has 5 heteroatoms. The molecule has 4 nitrogen and oxygen atoms in total. The number of phosphoric ester groups is 1. The summed E-state index contributed by atoms with van der Waals surface area (Å²) in [6.07, 6.45) is 6.23. The van der Waals surface area contributed by atoms with Crippen molar-refractivity contribution >= 4 is 7.82 Å². The van der Waals surface area contributed by atoms with Gasteiger partial charge < -0.3 is 0 Å². The minimum atomic E-state index is -3.30. The van der Waals surface area contributed by atoms with Crippen LogP contribution in [0.2, 0.25) is 0 Å². The first-order valence-corrected chi connectivity index (χ1v) is 8.18. The van der Waals surface area contributed by atoms with Crippen LogP contribution in [-0.2, 0) is 18.1 Å². The molecule has 1 unspecified atom stereocenters. The SMILES string of the molecule is CCCCCCOP(=O)(OCC)OCCCC. The van der Waals surface area contributed by atoms with Gasteiger partial charge >= 0.3 is 7.82 Å². The zero-order chi connectivity index (χ0) is 13.0. The predicted octanol–water partition coefficient (Wildman–Crippen LogP) is 4.54. The van der Waals surface area contributed by atoms with Crippen LogP contribution in [0.3, 0.4) is 0 Å². The first-order valence-electron chi connectivity index (χ1n) is 6.72. The number of rotatable bonds is 12. The highest BCUT2D eigenvalue weighted by molar-refractivity contribution is 7.48. The Bertz CT molecular complexity index is 209. The summed E-state index contributed by atoms with van der Waals surface area (Å²) in [6, 6.07) is 0. The second-order valence-electron chi connectivity index (χ2n) is 3.95. The van der Waals surface area contributed by atoms with Crippen LogP contribution in [0, 0.1) is 0 Å². The third-order valence-electron chi connectivity index (χ3n) is 2.28. The lowest BCUT2D eigenvalue weighted by Crippen LogP contribution is -2.02. The van der Waals surface area contributed by atoms with Gasteiger partial charge in [-0.1, -0.05) is 39.5 Å². The molecule has 104 valence electrons. The van der Waals surface area contributed by atoms with E-state index in [1.54, 1.807) is 6.92 Å². The Morgan fingerprint density at radius 2 is 1.35 bits per heavy atom. The van der Waals surface area contributed by atoms with Crippen molar-refractivity contribution in [3.05, 3.63) is 0 Å². The molecule has 0 spiro atoms. The van der Waals surface area contributed by atoms with E-state index >= 15 is 0 Å². The highest BCUT2D eigenvalue weighted by atomic mass is 31.2. The Labute approximate surface area is 106 Å². The summed E-state index contributed by atoms with van der Waals surface area (Å²) < 4.78 is 27.7. The highest BCUT2D eigenvalue weighted by Crippen LogP contribution is 2.49. The van der Waals surface area contributed by atoms with Gasteiger partial charge in [0.1, 0.15) is 0 Å². The summed E-state index contributed by atoms with van der Waals surface area (Å²) in [7, 11) is -3.30. The molecule has 0 heterocycles. The summed E-state index contributed by atoms with van der Waals surface area (Å²) in [5.74, 6) is 0. The van der Waals surface area contributed by atoms with Crippen molar-refractivity contribution < 1.29 is 18.1 Å². The number of hydrogen-bond acceptors (Lipinski definition) is 4. The van der Waals surface area contributed by atoms with Gasteiger partial charge in [0, 0.05) is 0 Å². The lowest BCUT2D eigenvalue weighted by atomic mass is 10.2. The third-order valence-corrected chi connectivity index (χ3v) is 3.85. The second-order valence-corrected chi connectivity index (χ2v) is 5.61. The molecular weight excluding hydrogens is 239 g/mol. The van der Waals surface area contributed by atoms with Crippen LogP contribution >= 0.6 is 7.82 Å². The monoisotopic (exact) mass is 266 g/mol. The van der Waals surface area contributed by atoms with Crippen LogP contribution in [-0.4, -0.2) is 19.8 Å². The fraction of sp³-hybridized carbons (Fsp3) is 1.00. The second kappa shape index (κ2) is 11.2. The van der Waals surface area contributed by atoms with E-state index in [2.05, 4.69) is 13.8 Å². The quantitative estimate of drug-likeness (QED) is 0.384. The maximum absolute atomic E-state index is 12.1. The molecule has 0 amide bonds. The van der Waals surface area contributed by atoms with E-state index in [1.807, 2.05) is 0 Å². The van der Waals surface area contributed by atoms with E-state index in [4.69, 9.17) is 13.6 Å². The molecule has 0 aromatic heterocycles. The van der Waals surface area contributed by atoms with Crippen molar-refractivity contribution in [2.75, 3.05) is 19.8 Å². The highest BCUT2D eigenvalue weighted by Gasteiger charge is 2.25. The molecule has 0 aliphatic heterocycles. The van der Waals surface area contributed by atoms with Gasteiger partial charge in [-0.25, -0.2) is 4.57 Å². The van der Waals surface area contributed by atoms with Gasteiger partial charge in [0.15, 0.2) is 0 Å². The number of phosphoric acid groups is 1. The minimum absolute atomic E-state index is 0.346. The van der Waals surface area contributed by atoms with Gasteiger partial charge in [0.05, 0.1) is 19.8 Å². The van der Waals surface area contributed by atoms with Crippen LogP contribution < -0.4 is 0 Å². The van der Waals surface area contributed by atoms with Crippen molar-refractivity contribution in [1.82, 2.24) is 0 Å². The lowest BCUT2D eigenvalue weighted by molar-refractivity contribution is 0.114. The Morgan fingerprint density at radius 3 is 1.88 bits per heavy atom. The summed E-state index contributed by atoms with van der Waals surface area (Å²) in [6.45, 7) is 7.22. The van der Waals surface area contributed by atoms with Crippen molar-refractivity contribution in [2.45, 2.75) is 59.3 Å². The smallest absolute Gasteiger partial charge is 0.287 e. The molecule has 0 aromatic rings. The molecule has 0 saturated heterocycles. The van der Waals surface area contributed by atoms with E-state index in [1.165, 1.54) is 12.8 Å². The predicted molar refractivity (Wildman–Crippen MR) is 70.2 cm³/mol. The van der Waals surface area contributed by atoms with Crippen LogP contribution in [0.25, 0.3) is 0 Å². The molecule has 0 fully saturated rings. The van der Waals surface area contributed by atoms with Gasteiger partial charge in [-0.05, 0) is 19.8 Å². The maximum Gasteiger partial charge on any atom is 0.474 e. The molecule has 0 saturated carbocycles. The first kappa shape index (κ1) is 17.1. The largest absolute Gasteiger partial charge is 0.474 e. The van der Waals surface area contributed by atoms with Gasteiger partial charge in [-0.2, -0.15) is 0 Å². The normalized spacial score (nSPS) is 14.8. The minimum Gasteiger partial charge on any atom is -0.287 e. The maximum atomic E-state index is 12.1. The van der Waals surface area contributed by atoms with E-state index < -0.39 is 7.82 Å². The Hall–Kier alpha value is 0.110. The zero-order valence-electron chi connectivity index (χ0n) is 11.4. The Balaban J connectivity index is 3.81.